The van der Waals surface area contributed by atoms with Gasteiger partial charge in [-0.1, -0.05) is 12.5 Å². The summed E-state index contributed by atoms with van der Waals surface area (Å²) in [6.07, 6.45) is 0.850. The van der Waals surface area contributed by atoms with E-state index in [1.807, 2.05) is 6.92 Å². The molecule has 0 atom stereocenters. The van der Waals surface area contributed by atoms with Crippen LogP contribution >= 0.6 is 0 Å². The molecule has 0 saturated heterocycles. The van der Waals surface area contributed by atoms with Crippen LogP contribution < -0.4 is 0 Å². The van der Waals surface area contributed by atoms with E-state index >= 15 is 0 Å². The molecule has 1 aromatic rings. The van der Waals surface area contributed by atoms with E-state index in [1.54, 1.807) is 18.2 Å². The van der Waals surface area contributed by atoms with Gasteiger partial charge in [-0.15, -0.1) is 5.56 Å². The number of rotatable bonds is 1. The first-order valence-electron chi connectivity index (χ1n) is 2.76. The summed E-state index contributed by atoms with van der Waals surface area (Å²) in [6.45, 7) is 1.89. The van der Waals surface area contributed by atoms with Gasteiger partial charge in [-0.3, -0.25) is 0 Å². The van der Waals surface area contributed by atoms with Crippen LogP contribution in [0.3, 0.4) is 0 Å². The van der Waals surface area contributed by atoms with Crippen molar-refractivity contribution in [2.24, 2.45) is 0 Å². The number of carbonyl (C=O) groups is 1. The smallest absolute Gasteiger partial charge is 0.126 e. The van der Waals surface area contributed by atoms with E-state index < -0.39 is 0 Å². The first kappa shape index (κ1) is 9.99. The first-order chi connectivity index (χ1) is 4.34. The molecule has 10 heavy (non-hydrogen) atoms. The maximum absolute atomic E-state index is 10.2. The summed E-state index contributed by atoms with van der Waals surface area (Å²) in [5.41, 5.74) is 1.72. The molecule has 49 valence electrons. The topological polar surface area (TPSA) is 17.1 Å². The summed E-state index contributed by atoms with van der Waals surface area (Å²) in [5, 5.41) is 0. The van der Waals surface area contributed by atoms with Crippen molar-refractivity contribution in [3.8, 4) is 0 Å². The number of carbonyl (C=O) groups excluding carboxylic acids is 1. The second kappa shape index (κ2) is 4.76. The first-order valence-corrected chi connectivity index (χ1v) is 2.76. The number of hydrogen-bond donors (Lipinski definition) is 0. The monoisotopic (exact) mass is 208 g/mol. The van der Waals surface area contributed by atoms with Gasteiger partial charge in [-0.2, -0.15) is 24.3 Å². The third kappa shape index (κ3) is 2.32. The Morgan fingerprint density at radius 3 is 2.70 bits per heavy atom. The third-order valence-corrected chi connectivity index (χ3v) is 1.24. The molecule has 2 heteroatoms. The minimum atomic E-state index is 0. The van der Waals surface area contributed by atoms with E-state index in [4.69, 9.17) is 0 Å². The fourth-order valence-corrected chi connectivity index (χ4v) is 0.658. The van der Waals surface area contributed by atoms with Crippen LogP contribution in [0.15, 0.2) is 18.2 Å². The number of aldehydes is 1. The second-order valence-electron chi connectivity index (χ2n) is 1.90. The molecular formula is C8H7OY-. The van der Waals surface area contributed by atoms with E-state index in [0.717, 1.165) is 17.4 Å². The SMILES string of the molecule is Cc1c[c-]ccc1C=O.[Y]. The minimum Gasteiger partial charge on any atom is -0.300 e. The average Bonchev–Trinajstić information content (AvgIpc) is 1.89. The van der Waals surface area contributed by atoms with E-state index in [-0.39, 0.29) is 32.7 Å². The number of benzene rings is 1. The number of aryl methyl sites for hydroxylation is 1. The standard InChI is InChI=1S/C8H7O.Y/c1-7-4-2-3-5-8(7)6-9;/h3-6H,1H3;/q-1;. The Morgan fingerprint density at radius 1 is 1.60 bits per heavy atom. The minimum absolute atomic E-state index is 0. The van der Waals surface area contributed by atoms with Gasteiger partial charge < -0.3 is 4.79 Å². The van der Waals surface area contributed by atoms with Crippen molar-refractivity contribution in [3.63, 3.8) is 0 Å². The Hall–Kier alpha value is -0.00610. The molecule has 0 saturated carbocycles. The summed E-state index contributed by atoms with van der Waals surface area (Å²) >= 11 is 0. The molecule has 0 unspecified atom stereocenters. The molecule has 0 N–H and O–H groups in total. The van der Waals surface area contributed by atoms with Gasteiger partial charge in [0.25, 0.3) is 0 Å². The van der Waals surface area contributed by atoms with Crippen LogP contribution in [-0.4, -0.2) is 6.29 Å². The normalized spacial score (nSPS) is 8.10. The molecule has 0 spiro atoms. The molecule has 0 amide bonds. The van der Waals surface area contributed by atoms with Crippen molar-refractivity contribution in [1.29, 1.82) is 0 Å². The fraction of sp³-hybridized carbons (Fsp3) is 0.125. The van der Waals surface area contributed by atoms with Gasteiger partial charge in [0.15, 0.2) is 0 Å². The summed E-state index contributed by atoms with van der Waals surface area (Å²) < 4.78 is 0. The van der Waals surface area contributed by atoms with Gasteiger partial charge in [0.2, 0.25) is 0 Å². The van der Waals surface area contributed by atoms with Crippen LogP contribution in [0.1, 0.15) is 15.9 Å². The molecule has 1 aromatic carbocycles. The number of hydrogen-bond acceptors (Lipinski definition) is 1. The predicted molar refractivity (Wildman–Crippen MR) is 35.4 cm³/mol. The van der Waals surface area contributed by atoms with Crippen molar-refractivity contribution in [1.82, 2.24) is 0 Å². The second-order valence-corrected chi connectivity index (χ2v) is 1.90. The molecule has 0 heterocycles. The summed E-state index contributed by atoms with van der Waals surface area (Å²) in [5.74, 6) is 0. The summed E-state index contributed by atoms with van der Waals surface area (Å²) in [4.78, 5) is 10.2. The van der Waals surface area contributed by atoms with Crippen molar-refractivity contribution in [3.05, 3.63) is 35.4 Å². The molecule has 0 aliphatic carbocycles. The average molecular weight is 208 g/mol. The van der Waals surface area contributed by atoms with Gasteiger partial charge in [0, 0.05) is 32.7 Å². The van der Waals surface area contributed by atoms with Gasteiger partial charge in [0.05, 0.1) is 0 Å². The van der Waals surface area contributed by atoms with Crippen LogP contribution in [0.5, 0.6) is 0 Å². The quantitative estimate of drug-likeness (QED) is 0.506. The van der Waals surface area contributed by atoms with Crippen molar-refractivity contribution in [2.45, 2.75) is 6.92 Å². The van der Waals surface area contributed by atoms with Crippen LogP contribution in [0.2, 0.25) is 0 Å². The molecular weight excluding hydrogens is 201 g/mol. The van der Waals surface area contributed by atoms with E-state index in [2.05, 4.69) is 6.07 Å². The van der Waals surface area contributed by atoms with Gasteiger partial charge in [-0.25, -0.2) is 0 Å². The zero-order chi connectivity index (χ0) is 6.69. The maximum atomic E-state index is 10.2. The Balaban J connectivity index is 0.000000810. The molecule has 0 aliphatic heterocycles. The van der Waals surface area contributed by atoms with E-state index in [1.165, 1.54) is 0 Å². The van der Waals surface area contributed by atoms with E-state index in [0.29, 0.717) is 0 Å². The van der Waals surface area contributed by atoms with Crippen LogP contribution in [0, 0.1) is 13.0 Å². The van der Waals surface area contributed by atoms with Gasteiger partial charge in [-0.05, 0) is 0 Å². The third-order valence-electron chi connectivity index (χ3n) is 1.24. The van der Waals surface area contributed by atoms with Gasteiger partial charge in [0.1, 0.15) is 6.29 Å². The molecule has 0 aliphatic rings. The molecule has 0 bridgehead atoms. The van der Waals surface area contributed by atoms with E-state index in [9.17, 15) is 4.79 Å². The zero-order valence-corrected chi connectivity index (χ0v) is 8.63. The van der Waals surface area contributed by atoms with Crippen molar-refractivity contribution in [2.75, 3.05) is 0 Å². The molecule has 1 radical (unpaired) electrons. The molecule has 0 fully saturated rings. The predicted octanol–water partition coefficient (Wildman–Crippen LogP) is 1.61. The summed E-state index contributed by atoms with van der Waals surface area (Å²) in [6, 6.07) is 8.16. The van der Waals surface area contributed by atoms with Crippen LogP contribution in [0.25, 0.3) is 0 Å². The van der Waals surface area contributed by atoms with Crippen molar-refractivity contribution >= 4 is 6.29 Å². The van der Waals surface area contributed by atoms with Crippen molar-refractivity contribution < 1.29 is 37.5 Å². The zero-order valence-electron chi connectivity index (χ0n) is 5.79. The Morgan fingerprint density at radius 2 is 2.30 bits per heavy atom. The maximum Gasteiger partial charge on any atom is 0.126 e. The fourth-order valence-electron chi connectivity index (χ4n) is 0.658. The van der Waals surface area contributed by atoms with Crippen LogP contribution in [0.4, 0.5) is 0 Å². The Bertz CT molecular complexity index is 220. The Kier molecular flexibility index (Phi) is 4.75. The summed E-state index contributed by atoms with van der Waals surface area (Å²) in [7, 11) is 0. The Labute approximate surface area is 85.7 Å². The largest absolute Gasteiger partial charge is 0.300 e. The molecule has 0 aromatic heterocycles. The van der Waals surface area contributed by atoms with Crippen LogP contribution in [-0.2, 0) is 32.7 Å². The molecule has 1 nitrogen and oxygen atoms in total. The van der Waals surface area contributed by atoms with Gasteiger partial charge >= 0.3 is 0 Å². The molecule has 1 rings (SSSR count).